The summed E-state index contributed by atoms with van der Waals surface area (Å²) >= 11 is 0. The number of amides is 2. The normalized spacial score (nSPS) is 17.2. The molecule has 24 heavy (non-hydrogen) atoms. The fraction of sp³-hybridized carbons (Fsp3) is 0.263. The van der Waals surface area contributed by atoms with E-state index in [9.17, 15) is 9.59 Å². The molecular weight excluding hydrogens is 306 g/mol. The summed E-state index contributed by atoms with van der Waals surface area (Å²) in [6.07, 6.45) is 0.747. The van der Waals surface area contributed by atoms with Gasteiger partial charge in [-0.3, -0.25) is 14.5 Å². The van der Waals surface area contributed by atoms with E-state index in [-0.39, 0.29) is 24.2 Å². The van der Waals surface area contributed by atoms with Crippen molar-refractivity contribution >= 4 is 17.5 Å². The van der Waals surface area contributed by atoms with Gasteiger partial charge in [0.1, 0.15) is 11.5 Å². The lowest BCUT2D eigenvalue weighted by Crippen LogP contribution is -2.30. The second kappa shape index (κ2) is 6.74. The Morgan fingerprint density at radius 2 is 1.71 bits per heavy atom. The number of imide groups is 1. The van der Waals surface area contributed by atoms with Gasteiger partial charge < -0.3 is 9.47 Å². The van der Waals surface area contributed by atoms with Gasteiger partial charge in [-0.25, -0.2) is 0 Å². The maximum atomic E-state index is 12.7. The predicted molar refractivity (Wildman–Crippen MR) is 90.3 cm³/mol. The van der Waals surface area contributed by atoms with Gasteiger partial charge in [0.2, 0.25) is 11.8 Å². The quantitative estimate of drug-likeness (QED) is 0.793. The minimum absolute atomic E-state index is 0.159. The summed E-state index contributed by atoms with van der Waals surface area (Å²) in [4.78, 5) is 26.3. The van der Waals surface area contributed by atoms with Crippen LogP contribution >= 0.6 is 0 Å². The number of hydrogen-bond acceptors (Lipinski definition) is 4. The monoisotopic (exact) mass is 325 g/mol. The molecule has 124 valence electrons. The van der Waals surface area contributed by atoms with Crippen LogP contribution in [0.4, 0.5) is 5.69 Å². The number of ether oxygens (including phenoxy) is 2. The first-order chi connectivity index (χ1) is 11.6. The fourth-order valence-corrected chi connectivity index (χ4v) is 2.94. The summed E-state index contributed by atoms with van der Waals surface area (Å²) in [5, 5.41) is 0. The Labute approximate surface area is 140 Å². The van der Waals surface area contributed by atoms with Gasteiger partial charge in [-0.15, -0.1) is 0 Å². The number of carbonyl (C=O) groups excluding carboxylic acids is 2. The summed E-state index contributed by atoms with van der Waals surface area (Å²) < 4.78 is 10.3. The zero-order valence-electron chi connectivity index (χ0n) is 13.7. The predicted octanol–water partition coefficient (Wildman–Crippen LogP) is 2.83. The molecule has 2 aromatic carbocycles. The van der Waals surface area contributed by atoms with Crippen LogP contribution in [0.5, 0.6) is 11.5 Å². The van der Waals surface area contributed by atoms with Gasteiger partial charge in [0.15, 0.2) is 0 Å². The smallest absolute Gasteiger partial charge is 0.237 e. The molecular formula is C19H19NO4. The van der Waals surface area contributed by atoms with E-state index in [0.717, 1.165) is 11.3 Å². The zero-order chi connectivity index (χ0) is 17.1. The molecule has 0 N–H and O–H groups in total. The van der Waals surface area contributed by atoms with Gasteiger partial charge in [-0.05, 0) is 48.4 Å². The molecule has 5 nitrogen and oxygen atoms in total. The largest absolute Gasteiger partial charge is 0.497 e. The first kappa shape index (κ1) is 16.1. The lowest BCUT2D eigenvalue weighted by atomic mass is 9.98. The first-order valence-corrected chi connectivity index (χ1v) is 7.76. The van der Waals surface area contributed by atoms with E-state index < -0.39 is 0 Å². The molecule has 1 aliphatic rings. The highest BCUT2D eigenvalue weighted by Gasteiger charge is 2.39. The molecule has 0 bridgehead atoms. The van der Waals surface area contributed by atoms with Gasteiger partial charge in [0.25, 0.3) is 0 Å². The Hall–Kier alpha value is -2.82. The van der Waals surface area contributed by atoms with E-state index in [1.807, 2.05) is 24.3 Å². The van der Waals surface area contributed by atoms with E-state index >= 15 is 0 Å². The van der Waals surface area contributed by atoms with E-state index in [1.54, 1.807) is 38.5 Å². The molecule has 0 radical (unpaired) electrons. The average Bonchev–Trinajstić information content (AvgIpc) is 2.89. The van der Waals surface area contributed by atoms with Crippen LogP contribution in [0, 0.1) is 5.92 Å². The van der Waals surface area contributed by atoms with Crippen molar-refractivity contribution in [2.24, 2.45) is 5.92 Å². The molecule has 0 unspecified atom stereocenters. The molecule has 0 aliphatic carbocycles. The lowest BCUT2D eigenvalue weighted by molar-refractivity contribution is -0.122. The van der Waals surface area contributed by atoms with Crippen molar-refractivity contribution in [1.29, 1.82) is 0 Å². The molecule has 0 saturated carbocycles. The SMILES string of the molecule is COc1ccc(N2C(=O)C[C@@H](Cc3cccc(OC)c3)C2=O)cc1. The number of methoxy groups -OCH3 is 2. The number of benzene rings is 2. The minimum atomic E-state index is -0.341. The zero-order valence-corrected chi connectivity index (χ0v) is 13.7. The van der Waals surface area contributed by atoms with Crippen LogP contribution in [0.2, 0.25) is 0 Å². The van der Waals surface area contributed by atoms with Gasteiger partial charge in [-0.2, -0.15) is 0 Å². The molecule has 1 heterocycles. The molecule has 2 amide bonds. The molecule has 1 fully saturated rings. The molecule has 1 saturated heterocycles. The lowest BCUT2D eigenvalue weighted by Gasteiger charge is -2.15. The Morgan fingerprint density at radius 1 is 1.00 bits per heavy atom. The topological polar surface area (TPSA) is 55.8 Å². The summed E-state index contributed by atoms with van der Waals surface area (Å²) in [6.45, 7) is 0. The van der Waals surface area contributed by atoms with Crippen LogP contribution in [0.15, 0.2) is 48.5 Å². The van der Waals surface area contributed by atoms with Crippen molar-refractivity contribution in [3.05, 3.63) is 54.1 Å². The second-order valence-electron chi connectivity index (χ2n) is 5.72. The third-order valence-electron chi connectivity index (χ3n) is 4.19. The molecule has 2 aromatic rings. The number of anilines is 1. The van der Waals surface area contributed by atoms with E-state index in [2.05, 4.69) is 0 Å². The highest BCUT2D eigenvalue weighted by atomic mass is 16.5. The number of carbonyl (C=O) groups is 2. The van der Waals surface area contributed by atoms with E-state index in [4.69, 9.17) is 9.47 Å². The van der Waals surface area contributed by atoms with Crippen LogP contribution in [-0.4, -0.2) is 26.0 Å². The summed E-state index contributed by atoms with van der Waals surface area (Å²) in [5.74, 6) is 0.764. The van der Waals surface area contributed by atoms with Crippen LogP contribution in [0.25, 0.3) is 0 Å². The molecule has 1 atom stereocenters. The third-order valence-corrected chi connectivity index (χ3v) is 4.19. The molecule has 5 heteroatoms. The number of nitrogens with zero attached hydrogens (tertiary/aromatic N) is 1. The van der Waals surface area contributed by atoms with Gasteiger partial charge in [0, 0.05) is 6.42 Å². The highest BCUT2D eigenvalue weighted by molar-refractivity contribution is 6.21. The summed E-state index contributed by atoms with van der Waals surface area (Å²) in [7, 11) is 3.18. The van der Waals surface area contributed by atoms with Crippen molar-refractivity contribution in [2.75, 3.05) is 19.1 Å². The maximum absolute atomic E-state index is 12.7. The van der Waals surface area contributed by atoms with Crippen LogP contribution in [0.3, 0.4) is 0 Å². The summed E-state index contributed by atoms with van der Waals surface area (Å²) in [5.41, 5.74) is 1.57. The van der Waals surface area contributed by atoms with Crippen molar-refractivity contribution in [1.82, 2.24) is 0 Å². The van der Waals surface area contributed by atoms with Crippen LogP contribution in [0.1, 0.15) is 12.0 Å². The van der Waals surface area contributed by atoms with E-state index in [0.29, 0.717) is 17.9 Å². The third kappa shape index (κ3) is 3.11. The standard InChI is InChI=1S/C19H19NO4/c1-23-16-8-6-15(7-9-16)20-18(21)12-14(19(20)22)10-13-4-3-5-17(11-13)24-2/h3-9,11,14H,10,12H2,1-2H3/t14-/m1/s1. The van der Waals surface area contributed by atoms with Crippen molar-refractivity contribution < 1.29 is 19.1 Å². The Bertz CT molecular complexity index is 754. The average molecular weight is 325 g/mol. The van der Waals surface area contributed by atoms with Crippen molar-refractivity contribution in [2.45, 2.75) is 12.8 Å². The van der Waals surface area contributed by atoms with Crippen molar-refractivity contribution in [3.8, 4) is 11.5 Å². The highest BCUT2D eigenvalue weighted by Crippen LogP contribution is 2.30. The molecule has 1 aliphatic heterocycles. The van der Waals surface area contributed by atoms with Crippen LogP contribution in [-0.2, 0) is 16.0 Å². The van der Waals surface area contributed by atoms with Crippen LogP contribution < -0.4 is 14.4 Å². The molecule has 0 aromatic heterocycles. The summed E-state index contributed by atoms with van der Waals surface area (Å²) in [6, 6.07) is 14.5. The van der Waals surface area contributed by atoms with Gasteiger partial charge >= 0.3 is 0 Å². The fourth-order valence-electron chi connectivity index (χ4n) is 2.94. The van der Waals surface area contributed by atoms with Crippen molar-refractivity contribution in [3.63, 3.8) is 0 Å². The Balaban J connectivity index is 1.77. The minimum Gasteiger partial charge on any atom is -0.497 e. The van der Waals surface area contributed by atoms with Gasteiger partial charge in [0.05, 0.1) is 25.8 Å². The first-order valence-electron chi connectivity index (χ1n) is 7.76. The molecule has 0 spiro atoms. The Kier molecular flexibility index (Phi) is 4.51. The Morgan fingerprint density at radius 3 is 2.38 bits per heavy atom. The van der Waals surface area contributed by atoms with E-state index in [1.165, 1.54) is 4.90 Å². The number of hydrogen-bond donors (Lipinski definition) is 0. The maximum Gasteiger partial charge on any atom is 0.237 e. The molecule has 3 rings (SSSR count). The van der Waals surface area contributed by atoms with Gasteiger partial charge in [-0.1, -0.05) is 12.1 Å². The number of rotatable bonds is 5. The second-order valence-corrected chi connectivity index (χ2v) is 5.72.